The standard InChI is InChI=1S/C16H18N6O2/c1-9-3-10(2)22-15(20-9)11(5-19-22)6-21-7-13-12(17-8-18-13)4-14(21)16(23)24/h3,5,8,14H,4,6-7H2,1-2H3,(H,17,18)(H,23,24). The number of imidazole rings is 1. The number of hydrogen-bond donors (Lipinski definition) is 2. The van der Waals surface area contributed by atoms with E-state index in [1.54, 1.807) is 17.0 Å². The van der Waals surface area contributed by atoms with Crippen LogP contribution in [0.25, 0.3) is 5.65 Å². The monoisotopic (exact) mass is 326 g/mol. The first-order valence-electron chi connectivity index (χ1n) is 7.82. The predicted octanol–water partition coefficient (Wildman–Crippen LogP) is 1.08. The van der Waals surface area contributed by atoms with E-state index in [9.17, 15) is 9.90 Å². The second kappa shape index (κ2) is 5.41. The van der Waals surface area contributed by atoms with Crippen molar-refractivity contribution < 1.29 is 9.90 Å². The molecule has 1 unspecified atom stereocenters. The van der Waals surface area contributed by atoms with Crippen molar-refractivity contribution in [3.63, 3.8) is 0 Å². The Morgan fingerprint density at radius 1 is 1.46 bits per heavy atom. The number of aromatic nitrogens is 5. The molecule has 2 N–H and O–H groups in total. The van der Waals surface area contributed by atoms with Crippen LogP contribution in [0, 0.1) is 13.8 Å². The number of aryl methyl sites for hydroxylation is 2. The van der Waals surface area contributed by atoms with Gasteiger partial charge in [-0.05, 0) is 19.9 Å². The van der Waals surface area contributed by atoms with Gasteiger partial charge >= 0.3 is 5.97 Å². The highest BCUT2D eigenvalue weighted by molar-refractivity contribution is 5.74. The van der Waals surface area contributed by atoms with Crippen LogP contribution in [-0.4, -0.2) is 46.6 Å². The molecule has 3 aromatic rings. The van der Waals surface area contributed by atoms with Crippen LogP contribution in [-0.2, 0) is 24.3 Å². The zero-order valence-corrected chi connectivity index (χ0v) is 13.5. The van der Waals surface area contributed by atoms with E-state index in [2.05, 4.69) is 20.1 Å². The summed E-state index contributed by atoms with van der Waals surface area (Å²) in [7, 11) is 0. The van der Waals surface area contributed by atoms with Gasteiger partial charge in [0, 0.05) is 36.5 Å². The quantitative estimate of drug-likeness (QED) is 0.747. The second-order valence-corrected chi connectivity index (χ2v) is 6.24. The van der Waals surface area contributed by atoms with Gasteiger partial charge in [-0.25, -0.2) is 14.5 Å². The van der Waals surface area contributed by atoms with Gasteiger partial charge in [0.15, 0.2) is 5.65 Å². The van der Waals surface area contributed by atoms with Crippen molar-refractivity contribution in [3.8, 4) is 0 Å². The van der Waals surface area contributed by atoms with E-state index in [4.69, 9.17) is 0 Å². The molecule has 8 nitrogen and oxygen atoms in total. The Balaban J connectivity index is 1.70. The Hall–Kier alpha value is -2.74. The van der Waals surface area contributed by atoms with Gasteiger partial charge in [-0.3, -0.25) is 9.69 Å². The molecule has 1 atom stereocenters. The Kier molecular flexibility index (Phi) is 3.34. The number of carbonyl (C=O) groups is 1. The number of aliphatic carboxylic acids is 1. The predicted molar refractivity (Wildman–Crippen MR) is 85.4 cm³/mol. The molecule has 3 aromatic heterocycles. The third-order valence-electron chi connectivity index (χ3n) is 4.51. The number of H-pyrrole nitrogens is 1. The summed E-state index contributed by atoms with van der Waals surface area (Å²) in [4.78, 5) is 25.5. The summed E-state index contributed by atoms with van der Waals surface area (Å²) in [6.45, 7) is 4.93. The molecular formula is C16H18N6O2. The fraction of sp³-hybridized carbons (Fsp3) is 0.375. The molecule has 0 saturated heterocycles. The van der Waals surface area contributed by atoms with Crippen LogP contribution < -0.4 is 0 Å². The first-order chi connectivity index (χ1) is 11.5. The molecule has 1 aliphatic rings. The van der Waals surface area contributed by atoms with Crippen molar-refractivity contribution in [1.82, 2.24) is 29.5 Å². The van der Waals surface area contributed by atoms with E-state index in [1.807, 2.05) is 24.8 Å². The van der Waals surface area contributed by atoms with Crippen LogP contribution in [0.3, 0.4) is 0 Å². The molecular weight excluding hydrogens is 308 g/mol. The summed E-state index contributed by atoms with van der Waals surface area (Å²) < 4.78 is 1.80. The van der Waals surface area contributed by atoms with Gasteiger partial charge in [0.25, 0.3) is 0 Å². The highest BCUT2D eigenvalue weighted by atomic mass is 16.4. The molecule has 24 heavy (non-hydrogen) atoms. The molecule has 8 heteroatoms. The van der Waals surface area contributed by atoms with Gasteiger partial charge in [-0.2, -0.15) is 5.10 Å². The Labute approximate surface area is 138 Å². The lowest BCUT2D eigenvalue weighted by molar-refractivity contribution is -0.144. The summed E-state index contributed by atoms with van der Waals surface area (Å²) in [5.41, 5.74) is 5.45. The number of nitrogens with zero attached hydrogens (tertiary/aromatic N) is 5. The van der Waals surface area contributed by atoms with Gasteiger partial charge in [-0.1, -0.05) is 0 Å². The Bertz CT molecular complexity index is 928. The summed E-state index contributed by atoms with van der Waals surface area (Å²) in [5, 5.41) is 14.0. The Morgan fingerprint density at radius 3 is 3.08 bits per heavy atom. The van der Waals surface area contributed by atoms with Gasteiger partial charge in [0.1, 0.15) is 6.04 Å². The maximum atomic E-state index is 11.7. The number of carboxylic acids is 1. The van der Waals surface area contributed by atoms with E-state index in [0.29, 0.717) is 19.5 Å². The number of nitrogens with one attached hydrogen (secondary N) is 1. The van der Waals surface area contributed by atoms with Crippen molar-refractivity contribution in [1.29, 1.82) is 0 Å². The van der Waals surface area contributed by atoms with Crippen molar-refractivity contribution in [2.75, 3.05) is 0 Å². The number of hydrogen-bond acceptors (Lipinski definition) is 5. The van der Waals surface area contributed by atoms with E-state index in [1.165, 1.54) is 0 Å². The lowest BCUT2D eigenvalue weighted by Gasteiger charge is -2.31. The van der Waals surface area contributed by atoms with Gasteiger partial charge < -0.3 is 10.1 Å². The van der Waals surface area contributed by atoms with Crippen LogP contribution in [0.4, 0.5) is 0 Å². The maximum absolute atomic E-state index is 11.7. The minimum atomic E-state index is -0.833. The Morgan fingerprint density at radius 2 is 2.29 bits per heavy atom. The number of carboxylic acid groups (broad SMARTS) is 1. The SMILES string of the molecule is Cc1cc(C)n2ncc(CN3Cc4[nH]cnc4CC3C(=O)O)c2n1. The first-order valence-corrected chi connectivity index (χ1v) is 7.82. The van der Waals surface area contributed by atoms with Crippen molar-refractivity contribution >= 4 is 11.6 Å². The van der Waals surface area contributed by atoms with Gasteiger partial charge in [0.05, 0.1) is 23.9 Å². The zero-order chi connectivity index (χ0) is 16.8. The van der Waals surface area contributed by atoms with Gasteiger partial charge in [-0.15, -0.1) is 0 Å². The third-order valence-corrected chi connectivity index (χ3v) is 4.51. The van der Waals surface area contributed by atoms with E-state index < -0.39 is 12.0 Å². The molecule has 4 heterocycles. The minimum Gasteiger partial charge on any atom is -0.480 e. The highest BCUT2D eigenvalue weighted by Crippen LogP contribution is 2.24. The molecule has 0 radical (unpaired) electrons. The molecule has 0 aromatic carbocycles. The fourth-order valence-corrected chi connectivity index (χ4v) is 3.34. The summed E-state index contributed by atoms with van der Waals surface area (Å²) in [6.07, 6.45) is 3.80. The second-order valence-electron chi connectivity index (χ2n) is 6.24. The van der Waals surface area contributed by atoms with Gasteiger partial charge in [0.2, 0.25) is 0 Å². The molecule has 1 aliphatic heterocycles. The number of rotatable bonds is 3. The van der Waals surface area contributed by atoms with Crippen molar-refractivity contribution in [2.45, 2.75) is 39.4 Å². The largest absolute Gasteiger partial charge is 0.480 e. The molecule has 0 bridgehead atoms. The molecule has 0 aliphatic carbocycles. The van der Waals surface area contributed by atoms with E-state index >= 15 is 0 Å². The summed E-state index contributed by atoms with van der Waals surface area (Å²) >= 11 is 0. The van der Waals surface area contributed by atoms with Crippen molar-refractivity contribution in [3.05, 3.63) is 46.9 Å². The smallest absolute Gasteiger partial charge is 0.321 e. The normalized spacial score (nSPS) is 18.0. The number of aromatic amines is 1. The lowest BCUT2D eigenvalue weighted by atomic mass is 10.0. The fourth-order valence-electron chi connectivity index (χ4n) is 3.34. The molecule has 0 amide bonds. The van der Waals surface area contributed by atoms with Crippen LogP contribution in [0.5, 0.6) is 0 Å². The molecule has 0 spiro atoms. The zero-order valence-electron chi connectivity index (χ0n) is 13.5. The average molecular weight is 326 g/mol. The minimum absolute atomic E-state index is 0.402. The van der Waals surface area contributed by atoms with Crippen molar-refractivity contribution in [2.24, 2.45) is 0 Å². The summed E-state index contributed by atoms with van der Waals surface area (Å²) in [6, 6.07) is 1.38. The summed E-state index contributed by atoms with van der Waals surface area (Å²) in [5.74, 6) is -0.833. The average Bonchev–Trinajstić information content (AvgIpc) is 3.13. The lowest BCUT2D eigenvalue weighted by Crippen LogP contribution is -2.45. The van der Waals surface area contributed by atoms with E-state index in [-0.39, 0.29) is 0 Å². The van der Waals surface area contributed by atoms with Crippen LogP contribution >= 0.6 is 0 Å². The van der Waals surface area contributed by atoms with E-state index in [0.717, 1.165) is 34.0 Å². The first kappa shape index (κ1) is 14.8. The molecule has 124 valence electrons. The van der Waals surface area contributed by atoms with Crippen LogP contribution in [0.15, 0.2) is 18.6 Å². The third kappa shape index (κ3) is 2.35. The number of fused-ring (bicyclic) bond motifs is 2. The topological polar surface area (TPSA) is 99.4 Å². The highest BCUT2D eigenvalue weighted by Gasteiger charge is 2.33. The molecule has 0 saturated carbocycles. The van der Waals surface area contributed by atoms with Crippen LogP contribution in [0.1, 0.15) is 28.3 Å². The molecule has 4 rings (SSSR count). The molecule has 0 fully saturated rings. The van der Waals surface area contributed by atoms with Crippen LogP contribution in [0.2, 0.25) is 0 Å². The maximum Gasteiger partial charge on any atom is 0.321 e.